The van der Waals surface area contributed by atoms with Crippen molar-refractivity contribution in [2.24, 2.45) is 10.9 Å². The molecule has 0 radical (unpaired) electrons. The largest absolute Gasteiger partial charge is 1.00 e. The molecule has 0 aliphatic heterocycles. The maximum atomic E-state index is 10.6. The van der Waals surface area contributed by atoms with Gasteiger partial charge in [-0.2, -0.15) is 8.42 Å². The van der Waals surface area contributed by atoms with E-state index in [4.69, 9.17) is 4.55 Å². The summed E-state index contributed by atoms with van der Waals surface area (Å²) in [6, 6.07) is 0. The van der Waals surface area contributed by atoms with E-state index >= 15 is 0 Å². The number of hydrogen-bond acceptors (Lipinski definition) is 4. The molecule has 0 aliphatic rings. The van der Waals surface area contributed by atoms with E-state index in [0.717, 1.165) is 6.08 Å². The molecule has 0 fully saturated rings. The Morgan fingerprint density at radius 2 is 2.21 bits per heavy atom. The summed E-state index contributed by atoms with van der Waals surface area (Å²) in [4.78, 5) is 3.49. The van der Waals surface area contributed by atoms with Gasteiger partial charge in [-0.25, -0.2) is 0 Å². The van der Waals surface area contributed by atoms with E-state index in [1.807, 2.05) is 0 Å². The van der Waals surface area contributed by atoms with Crippen LogP contribution in [0.25, 0.3) is 0 Å². The van der Waals surface area contributed by atoms with Crippen molar-refractivity contribution in [2.75, 3.05) is 12.3 Å². The summed E-state index contributed by atoms with van der Waals surface area (Å²) in [6.45, 7) is 4.85. The quantitative estimate of drug-likeness (QED) is 0.229. The summed E-state index contributed by atoms with van der Waals surface area (Å²) in [5.74, 6) is -1.25. The Morgan fingerprint density at radius 1 is 1.71 bits per heavy atom. The smallest absolute Gasteiger partial charge is 0.859 e. The Kier molecular flexibility index (Phi) is 8.77. The molecule has 1 unspecified atom stereocenters. The molecule has 0 bridgehead atoms. The van der Waals surface area contributed by atoms with Crippen LogP contribution < -0.4 is 34.7 Å². The predicted octanol–water partition coefficient (Wildman–Crippen LogP) is -3.54. The van der Waals surface area contributed by atoms with E-state index in [1.54, 1.807) is 6.92 Å². The first-order valence-electron chi connectivity index (χ1n) is 3.64. The van der Waals surface area contributed by atoms with Crippen LogP contribution in [0.1, 0.15) is 6.92 Å². The summed E-state index contributed by atoms with van der Waals surface area (Å²) in [7, 11) is -3.98. The van der Waals surface area contributed by atoms with Crippen LogP contribution >= 0.6 is 0 Å². The van der Waals surface area contributed by atoms with Crippen molar-refractivity contribution in [3.05, 3.63) is 12.7 Å². The van der Waals surface area contributed by atoms with Crippen LogP contribution in [0.2, 0.25) is 0 Å². The summed E-state index contributed by atoms with van der Waals surface area (Å²) >= 11 is 0. The Labute approximate surface area is 106 Å². The van der Waals surface area contributed by atoms with E-state index in [2.05, 4.69) is 11.6 Å². The first kappa shape index (κ1) is 16.5. The Bertz CT molecular complexity index is 299. The molecule has 0 saturated heterocycles. The fraction of sp³-hybridized carbons (Fsp3) is 0.571. The third-order valence-corrected chi connectivity index (χ3v) is 2.22. The van der Waals surface area contributed by atoms with Crippen LogP contribution in [0.3, 0.4) is 0 Å². The van der Waals surface area contributed by atoms with Gasteiger partial charge in [0.1, 0.15) is 0 Å². The topological polar surface area (TPSA) is 89.8 Å². The van der Waals surface area contributed by atoms with Crippen LogP contribution in [0.4, 0.5) is 0 Å². The molecule has 0 aliphatic carbocycles. The molecule has 7 heteroatoms. The van der Waals surface area contributed by atoms with Crippen molar-refractivity contribution in [1.82, 2.24) is 0 Å². The van der Waals surface area contributed by atoms with Crippen molar-refractivity contribution in [3.63, 3.8) is 0 Å². The molecule has 0 rings (SSSR count). The minimum atomic E-state index is -3.98. The molecule has 76 valence electrons. The molecule has 0 spiro atoms. The zero-order valence-corrected chi connectivity index (χ0v) is 11.1. The second-order valence-corrected chi connectivity index (χ2v) is 4.23. The van der Waals surface area contributed by atoms with Gasteiger partial charge in [0.05, 0.1) is 5.75 Å². The minimum absolute atomic E-state index is 0. The predicted molar refractivity (Wildman–Crippen MR) is 48.1 cm³/mol. The molecule has 0 aromatic rings. The minimum Gasteiger partial charge on any atom is -0.859 e. The average Bonchev–Trinajstić information content (AvgIpc) is 1.97. The normalized spacial score (nSPS) is 14.3. The van der Waals surface area contributed by atoms with Crippen LogP contribution in [0.15, 0.2) is 17.6 Å². The zero-order chi connectivity index (χ0) is 10.5. The van der Waals surface area contributed by atoms with Gasteiger partial charge in [0.2, 0.25) is 0 Å². The number of aliphatic imine (C=N–C) groups is 1. The second-order valence-electron chi connectivity index (χ2n) is 2.74. The molecule has 0 saturated carbocycles. The standard InChI is InChI=1S/C7H13NO4S.Na/c1-3-7(9)8-4-6(2)5-13(10,11)12;/h3,6H,1,4-5H2,2H3,(H,8,9)(H,10,11,12);/q;+1/p-1. The van der Waals surface area contributed by atoms with Crippen molar-refractivity contribution in [2.45, 2.75) is 6.92 Å². The van der Waals surface area contributed by atoms with Crippen molar-refractivity contribution < 1.29 is 47.6 Å². The Balaban J connectivity index is 0. The molecule has 14 heavy (non-hydrogen) atoms. The fourth-order valence-electron chi connectivity index (χ4n) is 0.723. The zero-order valence-electron chi connectivity index (χ0n) is 8.30. The molecular formula is C7H12NNaO4S. The molecule has 0 aromatic heterocycles. The molecule has 0 heterocycles. The summed E-state index contributed by atoms with van der Waals surface area (Å²) in [6.07, 6.45) is 1.04. The van der Waals surface area contributed by atoms with Gasteiger partial charge >= 0.3 is 29.6 Å². The van der Waals surface area contributed by atoms with Gasteiger partial charge in [-0.1, -0.05) is 19.6 Å². The molecule has 0 amide bonds. The fourth-order valence-corrected chi connectivity index (χ4v) is 1.55. The number of hydrogen-bond donors (Lipinski definition) is 1. The Hall–Kier alpha value is 0.120. The van der Waals surface area contributed by atoms with E-state index in [1.165, 1.54) is 0 Å². The molecule has 0 aromatic carbocycles. The average molecular weight is 229 g/mol. The first-order valence-corrected chi connectivity index (χ1v) is 5.25. The van der Waals surface area contributed by atoms with Gasteiger partial charge in [0, 0.05) is 6.54 Å². The summed E-state index contributed by atoms with van der Waals surface area (Å²) in [5, 5.41) is 10.6. The van der Waals surface area contributed by atoms with Gasteiger partial charge in [-0.05, 0) is 11.8 Å². The SMILES string of the molecule is C=CC([O-])=NCC(C)CS(=O)(=O)O.[Na+]. The van der Waals surface area contributed by atoms with E-state index in [9.17, 15) is 13.5 Å². The third-order valence-electron chi connectivity index (χ3n) is 1.23. The molecule has 1 N–H and O–H groups in total. The molecule has 5 nitrogen and oxygen atoms in total. The van der Waals surface area contributed by atoms with Crippen LogP contribution in [0, 0.1) is 5.92 Å². The van der Waals surface area contributed by atoms with Crippen LogP contribution in [-0.2, 0) is 10.1 Å². The van der Waals surface area contributed by atoms with Gasteiger partial charge in [0.25, 0.3) is 10.1 Å². The van der Waals surface area contributed by atoms with E-state index in [0.29, 0.717) is 0 Å². The van der Waals surface area contributed by atoms with Gasteiger partial charge in [-0.3, -0.25) is 4.55 Å². The number of rotatable bonds is 5. The van der Waals surface area contributed by atoms with Crippen molar-refractivity contribution in [1.29, 1.82) is 0 Å². The Morgan fingerprint density at radius 3 is 2.57 bits per heavy atom. The third kappa shape index (κ3) is 10.2. The second kappa shape index (κ2) is 7.42. The van der Waals surface area contributed by atoms with E-state index < -0.39 is 16.0 Å². The summed E-state index contributed by atoms with van der Waals surface area (Å²) in [5.41, 5.74) is 0. The first-order chi connectivity index (χ1) is 5.85. The number of nitrogens with zero attached hydrogens (tertiary/aromatic N) is 1. The maximum absolute atomic E-state index is 10.6. The summed E-state index contributed by atoms with van der Waals surface area (Å²) < 4.78 is 29.2. The monoisotopic (exact) mass is 229 g/mol. The maximum Gasteiger partial charge on any atom is 1.00 e. The van der Waals surface area contributed by atoms with E-state index in [-0.39, 0.29) is 47.8 Å². The van der Waals surface area contributed by atoms with Crippen LogP contribution in [0.5, 0.6) is 0 Å². The van der Waals surface area contributed by atoms with Crippen LogP contribution in [-0.4, -0.2) is 31.2 Å². The van der Waals surface area contributed by atoms with Gasteiger partial charge in [-0.15, -0.1) is 0 Å². The molecule has 1 atom stereocenters. The van der Waals surface area contributed by atoms with Gasteiger partial charge in [0.15, 0.2) is 0 Å². The van der Waals surface area contributed by atoms with Gasteiger partial charge < -0.3 is 10.1 Å². The van der Waals surface area contributed by atoms with Crippen molar-refractivity contribution in [3.8, 4) is 0 Å². The van der Waals surface area contributed by atoms with Crippen molar-refractivity contribution >= 4 is 16.0 Å². The molecular weight excluding hydrogens is 217 g/mol.